The van der Waals surface area contributed by atoms with Crippen molar-refractivity contribution < 1.29 is 4.79 Å². The predicted molar refractivity (Wildman–Crippen MR) is 83.3 cm³/mol. The summed E-state index contributed by atoms with van der Waals surface area (Å²) in [7, 11) is 0. The van der Waals surface area contributed by atoms with E-state index in [-0.39, 0.29) is 11.5 Å². The average Bonchev–Trinajstić information content (AvgIpc) is 2.60. The molecule has 2 rings (SSSR count). The van der Waals surface area contributed by atoms with Crippen LogP contribution in [0.4, 0.5) is 0 Å². The highest BCUT2D eigenvalue weighted by Gasteiger charge is 2.45. The topological polar surface area (TPSA) is 46.3 Å². The molecule has 116 valence electrons. The van der Waals surface area contributed by atoms with E-state index >= 15 is 0 Å². The van der Waals surface area contributed by atoms with Crippen LogP contribution in [0.15, 0.2) is 0 Å². The zero-order chi connectivity index (χ0) is 15.0. The SMILES string of the molecule is CC(C)(C)C1CCCN(C(=O)C2(C)CCCC2N)CC1. The van der Waals surface area contributed by atoms with Crippen molar-refractivity contribution in [2.75, 3.05) is 13.1 Å². The van der Waals surface area contributed by atoms with Crippen LogP contribution < -0.4 is 5.73 Å². The lowest BCUT2D eigenvalue weighted by Gasteiger charge is -2.34. The number of nitrogens with zero attached hydrogens (tertiary/aromatic N) is 1. The van der Waals surface area contributed by atoms with Gasteiger partial charge in [-0.05, 0) is 50.4 Å². The summed E-state index contributed by atoms with van der Waals surface area (Å²) in [6.07, 6.45) is 6.59. The Kier molecular flexibility index (Phi) is 4.48. The predicted octanol–water partition coefficient (Wildman–Crippen LogP) is 3.18. The highest BCUT2D eigenvalue weighted by atomic mass is 16.2. The van der Waals surface area contributed by atoms with E-state index in [1.165, 1.54) is 6.42 Å². The van der Waals surface area contributed by atoms with E-state index in [9.17, 15) is 4.79 Å². The molecule has 1 saturated heterocycles. The minimum absolute atomic E-state index is 0.0525. The smallest absolute Gasteiger partial charge is 0.230 e. The Morgan fingerprint density at radius 1 is 1.15 bits per heavy atom. The monoisotopic (exact) mass is 280 g/mol. The number of carbonyl (C=O) groups is 1. The number of carbonyl (C=O) groups excluding carboxylic acids is 1. The van der Waals surface area contributed by atoms with Crippen LogP contribution in [-0.2, 0) is 4.79 Å². The van der Waals surface area contributed by atoms with E-state index < -0.39 is 0 Å². The molecule has 1 heterocycles. The third kappa shape index (κ3) is 3.03. The van der Waals surface area contributed by atoms with E-state index in [0.717, 1.165) is 51.1 Å². The van der Waals surface area contributed by atoms with Crippen molar-refractivity contribution in [3.8, 4) is 0 Å². The molecular weight excluding hydrogens is 248 g/mol. The Balaban J connectivity index is 2.02. The molecule has 0 bridgehead atoms. The second kappa shape index (κ2) is 5.67. The van der Waals surface area contributed by atoms with Gasteiger partial charge in [0.1, 0.15) is 0 Å². The fraction of sp³-hybridized carbons (Fsp3) is 0.941. The van der Waals surface area contributed by atoms with Gasteiger partial charge in [0.15, 0.2) is 0 Å². The fourth-order valence-electron chi connectivity index (χ4n) is 3.99. The van der Waals surface area contributed by atoms with Crippen LogP contribution in [0, 0.1) is 16.7 Å². The zero-order valence-electron chi connectivity index (χ0n) is 13.7. The summed E-state index contributed by atoms with van der Waals surface area (Å²) in [4.78, 5) is 15.0. The Hall–Kier alpha value is -0.570. The third-order valence-corrected chi connectivity index (χ3v) is 5.76. The summed E-state index contributed by atoms with van der Waals surface area (Å²) in [5, 5.41) is 0. The van der Waals surface area contributed by atoms with E-state index in [4.69, 9.17) is 5.73 Å². The van der Waals surface area contributed by atoms with Crippen molar-refractivity contribution in [2.45, 2.75) is 72.3 Å². The molecule has 3 heteroatoms. The molecule has 0 aromatic heterocycles. The van der Waals surface area contributed by atoms with Crippen LogP contribution in [-0.4, -0.2) is 29.9 Å². The number of hydrogen-bond donors (Lipinski definition) is 1. The summed E-state index contributed by atoms with van der Waals surface area (Å²) >= 11 is 0. The first kappa shape index (κ1) is 15.8. The molecule has 1 aliphatic heterocycles. The van der Waals surface area contributed by atoms with Crippen molar-refractivity contribution in [1.29, 1.82) is 0 Å². The normalized spacial score (nSPS) is 36.0. The molecule has 0 aromatic carbocycles. The van der Waals surface area contributed by atoms with E-state index in [0.29, 0.717) is 11.3 Å². The first-order valence-electron chi connectivity index (χ1n) is 8.30. The minimum Gasteiger partial charge on any atom is -0.342 e. The first-order valence-corrected chi connectivity index (χ1v) is 8.30. The molecule has 3 unspecified atom stereocenters. The number of hydrogen-bond acceptors (Lipinski definition) is 2. The second-order valence-corrected chi connectivity index (χ2v) is 8.20. The summed E-state index contributed by atoms with van der Waals surface area (Å²) in [5.41, 5.74) is 6.26. The van der Waals surface area contributed by atoms with Gasteiger partial charge in [0.2, 0.25) is 5.91 Å². The molecule has 2 N–H and O–H groups in total. The molecule has 20 heavy (non-hydrogen) atoms. The molecule has 3 nitrogen and oxygen atoms in total. The minimum atomic E-state index is -0.304. The summed E-state index contributed by atoms with van der Waals surface area (Å²) in [6.45, 7) is 10.9. The van der Waals surface area contributed by atoms with Gasteiger partial charge in [-0.3, -0.25) is 4.79 Å². The number of likely N-dealkylation sites (tertiary alicyclic amines) is 1. The third-order valence-electron chi connectivity index (χ3n) is 5.76. The van der Waals surface area contributed by atoms with Crippen molar-refractivity contribution in [1.82, 2.24) is 4.90 Å². The van der Waals surface area contributed by atoms with Gasteiger partial charge >= 0.3 is 0 Å². The molecule has 2 fully saturated rings. The van der Waals surface area contributed by atoms with Crippen LogP contribution in [0.25, 0.3) is 0 Å². The highest BCUT2D eigenvalue weighted by Crippen LogP contribution is 2.40. The van der Waals surface area contributed by atoms with Gasteiger partial charge in [-0.25, -0.2) is 0 Å². The number of rotatable bonds is 1. The zero-order valence-corrected chi connectivity index (χ0v) is 13.7. The maximum Gasteiger partial charge on any atom is 0.230 e. The van der Waals surface area contributed by atoms with Gasteiger partial charge in [-0.15, -0.1) is 0 Å². The van der Waals surface area contributed by atoms with Crippen LogP contribution in [0.1, 0.15) is 66.2 Å². The van der Waals surface area contributed by atoms with Gasteiger partial charge in [-0.1, -0.05) is 27.2 Å². The number of amides is 1. The van der Waals surface area contributed by atoms with Crippen LogP contribution in [0.3, 0.4) is 0 Å². The molecular formula is C17H32N2O. The van der Waals surface area contributed by atoms with Crippen molar-refractivity contribution in [3.05, 3.63) is 0 Å². The second-order valence-electron chi connectivity index (χ2n) is 8.20. The maximum atomic E-state index is 12.9. The van der Waals surface area contributed by atoms with Gasteiger partial charge in [-0.2, -0.15) is 0 Å². The lowest BCUT2D eigenvalue weighted by atomic mass is 9.76. The molecule has 1 saturated carbocycles. The Morgan fingerprint density at radius 3 is 2.40 bits per heavy atom. The fourth-order valence-corrected chi connectivity index (χ4v) is 3.99. The lowest BCUT2D eigenvalue weighted by molar-refractivity contribution is -0.141. The first-order chi connectivity index (χ1) is 9.25. The molecule has 0 radical (unpaired) electrons. The van der Waals surface area contributed by atoms with E-state index in [1.807, 2.05) is 0 Å². The Labute approximate surface area is 124 Å². The summed E-state index contributed by atoms with van der Waals surface area (Å²) in [6, 6.07) is 0.0525. The molecule has 2 aliphatic rings. The molecule has 3 atom stereocenters. The molecule has 0 aromatic rings. The van der Waals surface area contributed by atoms with Gasteiger partial charge < -0.3 is 10.6 Å². The highest BCUT2D eigenvalue weighted by molar-refractivity contribution is 5.83. The summed E-state index contributed by atoms with van der Waals surface area (Å²) < 4.78 is 0. The average molecular weight is 280 g/mol. The van der Waals surface area contributed by atoms with Crippen LogP contribution >= 0.6 is 0 Å². The maximum absolute atomic E-state index is 12.9. The van der Waals surface area contributed by atoms with Gasteiger partial charge in [0.05, 0.1) is 5.41 Å². The molecule has 1 aliphatic carbocycles. The standard InChI is InChI=1S/C17H32N2O/c1-16(2,3)13-7-6-11-19(12-9-13)15(20)17(4)10-5-8-14(17)18/h13-14H,5-12,18H2,1-4H3. The van der Waals surface area contributed by atoms with Crippen LogP contribution in [0.2, 0.25) is 0 Å². The van der Waals surface area contributed by atoms with Crippen molar-refractivity contribution in [2.24, 2.45) is 22.5 Å². The van der Waals surface area contributed by atoms with Gasteiger partial charge in [0, 0.05) is 19.1 Å². The molecule has 0 spiro atoms. The summed E-state index contributed by atoms with van der Waals surface area (Å²) in [5.74, 6) is 1.04. The van der Waals surface area contributed by atoms with E-state index in [1.54, 1.807) is 0 Å². The lowest BCUT2D eigenvalue weighted by Crippen LogP contribution is -2.49. The Morgan fingerprint density at radius 2 is 1.85 bits per heavy atom. The molecule has 1 amide bonds. The quantitative estimate of drug-likeness (QED) is 0.802. The van der Waals surface area contributed by atoms with Crippen molar-refractivity contribution in [3.63, 3.8) is 0 Å². The Bertz CT molecular complexity index is 360. The largest absolute Gasteiger partial charge is 0.342 e. The van der Waals surface area contributed by atoms with Crippen molar-refractivity contribution >= 4 is 5.91 Å². The van der Waals surface area contributed by atoms with Gasteiger partial charge in [0.25, 0.3) is 0 Å². The van der Waals surface area contributed by atoms with E-state index in [2.05, 4.69) is 32.6 Å². The number of nitrogens with two attached hydrogens (primary N) is 1. The van der Waals surface area contributed by atoms with Crippen LogP contribution in [0.5, 0.6) is 0 Å².